The van der Waals surface area contributed by atoms with Crippen molar-refractivity contribution in [1.29, 1.82) is 5.26 Å². The first-order chi connectivity index (χ1) is 14.5. The lowest BCUT2D eigenvalue weighted by molar-refractivity contribution is -0.151. The molecule has 1 spiro atoms. The summed E-state index contributed by atoms with van der Waals surface area (Å²) in [6, 6.07) is 8.42. The van der Waals surface area contributed by atoms with Crippen molar-refractivity contribution in [3.8, 4) is 11.8 Å². The molecule has 0 fully saturated rings. The number of hydrogen-bond acceptors (Lipinski definition) is 8. The van der Waals surface area contributed by atoms with Gasteiger partial charge in [0.25, 0.3) is 0 Å². The summed E-state index contributed by atoms with van der Waals surface area (Å²) < 4.78 is 15.9. The molecule has 3 rings (SSSR count). The number of nitrogens with two attached hydrogens (primary N) is 1. The van der Waals surface area contributed by atoms with Crippen LogP contribution in [-0.4, -0.2) is 42.0 Å². The van der Waals surface area contributed by atoms with Gasteiger partial charge >= 0.3 is 11.9 Å². The fourth-order valence-corrected chi connectivity index (χ4v) is 3.86. The Balaban J connectivity index is 2.37. The molecule has 0 saturated carbocycles. The maximum atomic E-state index is 13.9. The fourth-order valence-electron chi connectivity index (χ4n) is 3.86. The number of methoxy groups -OCH3 is 1. The molecule has 2 N–H and O–H groups in total. The molecule has 1 aromatic carbocycles. The Kier molecular flexibility index (Phi) is 5.28. The van der Waals surface area contributed by atoms with Gasteiger partial charge in [-0.05, 0) is 33.8 Å². The van der Waals surface area contributed by atoms with E-state index in [9.17, 15) is 19.6 Å². The summed E-state index contributed by atoms with van der Waals surface area (Å²) in [7, 11) is 1.19. The topological polar surface area (TPSA) is 132 Å². The molecule has 2 heterocycles. The number of hydrogen-bond donors (Lipinski definition) is 1. The molecule has 0 bridgehead atoms. The number of esters is 2. The number of fused-ring (bicyclic) bond motifs is 2. The monoisotopic (exact) mass is 425 g/mol. The van der Waals surface area contributed by atoms with Crippen molar-refractivity contribution in [3.05, 3.63) is 52.6 Å². The van der Waals surface area contributed by atoms with Gasteiger partial charge in [0.1, 0.15) is 29.5 Å². The third-order valence-electron chi connectivity index (χ3n) is 5.07. The van der Waals surface area contributed by atoms with Crippen LogP contribution in [0.15, 0.2) is 47.0 Å². The molecule has 0 unspecified atom stereocenters. The molecule has 31 heavy (non-hydrogen) atoms. The van der Waals surface area contributed by atoms with Crippen LogP contribution in [0, 0.1) is 11.3 Å². The maximum absolute atomic E-state index is 13.9. The van der Waals surface area contributed by atoms with Crippen LogP contribution >= 0.6 is 0 Å². The minimum Gasteiger partial charge on any atom is -0.468 e. The molecule has 9 nitrogen and oxygen atoms in total. The lowest BCUT2D eigenvalue weighted by atomic mass is 9.68. The van der Waals surface area contributed by atoms with Gasteiger partial charge in [-0.2, -0.15) is 5.26 Å². The van der Waals surface area contributed by atoms with Crippen LogP contribution in [0.5, 0.6) is 5.75 Å². The summed E-state index contributed by atoms with van der Waals surface area (Å²) in [5.41, 5.74) is 3.33. The van der Waals surface area contributed by atoms with E-state index in [2.05, 4.69) is 0 Å². The summed E-state index contributed by atoms with van der Waals surface area (Å²) in [6.45, 7) is 6.12. The minimum atomic E-state index is -1.91. The standard InChI is InChI=1S/C22H23N3O6/c1-12-17(19(27)31-21(2,3)4)22(20(28)25(12)11-16(26)29-5)13-8-6-7-9-15(13)30-18(24)14(22)10-23/h6-9H,11,24H2,1-5H3/t22-/m0/s1. The van der Waals surface area contributed by atoms with Crippen molar-refractivity contribution in [2.24, 2.45) is 5.73 Å². The Morgan fingerprint density at radius 1 is 1.29 bits per heavy atom. The predicted octanol–water partition coefficient (Wildman–Crippen LogP) is 1.64. The normalized spacial score (nSPS) is 20.4. The fraction of sp³-hybridized carbons (Fsp3) is 0.364. The summed E-state index contributed by atoms with van der Waals surface area (Å²) in [5.74, 6) is -2.26. The predicted molar refractivity (Wildman–Crippen MR) is 108 cm³/mol. The Hall–Kier alpha value is -3.80. The number of allylic oxidation sites excluding steroid dienone is 1. The highest BCUT2D eigenvalue weighted by atomic mass is 16.6. The van der Waals surface area contributed by atoms with E-state index >= 15 is 0 Å². The third kappa shape index (κ3) is 3.30. The highest BCUT2D eigenvalue weighted by Gasteiger charge is 2.62. The van der Waals surface area contributed by atoms with Crippen LogP contribution in [0.2, 0.25) is 0 Å². The Morgan fingerprint density at radius 2 is 1.94 bits per heavy atom. The highest BCUT2D eigenvalue weighted by Crippen LogP contribution is 2.53. The number of amides is 1. The van der Waals surface area contributed by atoms with Gasteiger partial charge in [0.15, 0.2) is 5.41 Å². The van der Waals surface area contributed by atoms with Crippen LogP contribution in [0.4, 0.5) is 0 Å². The van der Waals surface area contributed by atoms with Crippen LogP contribution in [0.25, 0.3) is 0 Å². The van der Waals surface area contributed by atoms with Gasteiger partial charge in [-0.3, -0.25) is 9.59 Å². The van der Waals surface area contributed by atoms with E-state index in [1.165, 1.54) is 14.0 Å². The molecule has 1 aromatic rings. The van der Waals surface area contributed by atoms with Crippen LogP contribution in [0.3, 0.4) is 0 Å². The SMILES string of the molecule is COC(=O)CN1C(=O)[C@@]2(C(C#N)=C(N)Oc3ccccc32)C(C(=O)OC(C)(C)C)=C1C. The molecular weight excluding hydrogens is 402 g/mol. The van der Waals surface area contributed by atoms with Gasteiger partial charge < -0.3 is 24.8 Å². The summed E-state index contributed by atoms with van der Waals surface area (Å²) in [5, 5.41) is 9.96. The average Bonchev–Trinajstić information content (AvgIpc) is 2.89. The molecular formula is C22H23N3O6. The van der Waals surface area contributed by atoms with Gasteiger partial charge in [-0.1, -0.05) is 18.2 Å². The molecule has 1 amide bonds. The van der Waals surface area contributed by atoms with E-state index in [0.29, 0.717) is 0 Å². The van der Waals surface area contributed by atoms with Crippen LogP contribution < -0.4 is 10.5 Å². The number of nitriles is 1. The average molecular weight is 425 g/mol. The van der Waals surface area contributed by atoms with Crippen LogP contribution in [0.1, 0.15) is 33.3 Å². The van der Waals surface area contributed by atoms with Crippen molar-refractivity contribution in [2.75, 3.05) is 13.7 Å². The summed E-state index contributed by atoms with van der Waals surface area (Å²) >= 11 is 0. The highest BCUT2D eigenvalue weighted by molar-refractivity contribution is 6.13. The summed E-state index contributed by atoms with van der Waals surface area (Å²) in [4.78, 5) is 40.4. The van der Waals surface area contributed by atoms with E-state index in [1.807, 2.05) is 6.07 Å². The number of ether oxygens (including phenoxy) is 3. The Morgan fingerprint density at radius 3 is 2.52 bits per heavy atom. The molecule has 162 valence electrons. The van der Waals surface area contributed by atoms with E-state index in [1.54, 1.807) is 45.0 Å². The Labute approximate surface area is 179 Å². The van der Waals surface area contributed by atoms with Gasteiger partial charge in [0.2, 0.25) is 11.8 Å². The third-order valence-corrected chi connectivity index (χ3v) is 5.07. The van der Waals surface area contributed by atoms with Crippen molar-refractivity contribution in [3.63, 3.8) is 0 Å². The number of nitrogens with zero attached hydrogens (tertiary/aromatic N) is 2. The zero-order valence-corrected chi connectivity index (χ0v) is 17.9. The maximum Gasteiger partial charge on any atom is 0.338 e. The van der Waals surface area contributed by atoms with E-state index in [4.69, 9.17) is 19.9 Å². The smallest absolute Gasteiger partial charge is 0.338 e. The lowest BCUT2D eigenvalue weighted by Crippen LogP contribution is -2.48. The number of benzene rings is 1. The molecule has 0 aromatic heterocycles. The van der Waals surface area contributed by atoms with Gasteiger partial charge in [-0.15, -0.1) is 0 Å². The van der Waals surface area contributed by atoms with Crippen molar-refractivity contribution >= 4 is 17.8 Å². The second kappa shape index (κ2) is 7.47. The number of rotatable bonds is 3. The van der Waals surface area contributed by atoms with Crippen LogP contribution in [-0.2, 0) is 29.3 Å². The largest absolute Gasteiger partial charge is 0.468 e. The van der Waals surface area contributed by atoms with E-state index < -0.39 is 35.4 Å². The first-order valence-corrected chi connectivity index (χ1v) is 9.50. The van der Waals surface area contributed by atoms with E-state index in [-0.39, 0.29) is 34.0 Å². The molecule has 2 aliphatic heterocycles. The van der Waals surface area contributed by atoms with Crippen molar-refractivity contribution in [2.45, 2.75) is 38.7 Å². The first-order valence-electron chi connectivity index (χ1n) is 9.50. The molecule has 9 heteroatoms. The van der Waals surface area contributed by atoms with E-state index in [0.717, 1.165) is 4.90 Å². The zero-order valence-electron chi connectivity index (χ0n) is 17.9. The number of carbonyl (C=O) groups is 3. The first kappa shape index (κ1) is 21.9. The van der Waals surface area contributed by atoms with Gasteiger partial charge in [0.05, 0.1) is 12.7 Å². The molecule has 0 aliphatic carbocycles. The number of para-hydroxylation sites is 1. The summed E-state index contributed by atoms with van der Waals surface area (Å²) in [6.07, 6.45) is 0. The molecule has 1 atom stereocenters. The zero-order chi connectivity index (χ0) is 23.1. The molecule has 0 saturated heterocycles. The van der Waals surface area contributed by atoms with Crippen molar-refractivity contribution in [1.82, 2.24) is 4.90 Å². The van der Waals surface area contributed by atoms with Crippen molar-refractivity contribution < 1.29 is 28.6 Å². The molecule has 0 radical (unpaired) electrons. The van der Waals surface area contributed by atoms with Gasteiger partial charge in [-0.25, -0.2) is 4.79 Å². The quantitative estimate of drug-likeness (QED) is 0.723. The Bertz CT molecular complexity index is 1090. The number of carbonyl (C=O) groups excluding carboxylic acids is 3. The second-order valence-corrected chi connectivity index (χ2v) is 8.13. The second-order valence-electron chi connectivity index (χ2n) is 8.13. The van der Waals surface area contributed by atoms with Gasteiger partial charge in [0, 0.05) is 11.3 Å². The molecule has 2 aliphatic rings. The minimum absolute atomic E-state index is 0.0911. The lowest BCUT2D eigenvalue weighted by Gasteiger charge is -2.35.